The minimum Gasteiger partial charge on any atom is -0.332 e. The van der Waals surface area contributed by atoms with Gasteiger partial charge in [0, 0.05) is 29.9 Å². The predicted octanol–water partition coefficient (Wildman–Crippen LogP) is 5.15. The molecule has 2 amide bonds. The van der Waals surface area contributed by atoms with Crippen LogP contribution in [-0.4, -0.2) is 40.7 Å². The monoisotopic (exact) mass is 498 g/mol. The number of nitriles is 1. The lowest BCUT2D eigenvalue weighted by Crippen LogP contribution is -2.52. The van der Waals surface area contributed by atoms with Crippen molar-refractivity contribution in [1.29, 1.82) is 5.26 Å². The number of piperidine rings is 1. The van der Waals surface area contributed by atoms with E-state index in [1.165, 1.54) is 30.5 Å². The zero-order valence-corrected chi connectivity index (χ0v) is 18.9. The van der Waals surface area contributed by atoms with Crippen LogP contribution in [0, 0.1) is 23.1 Å². The number of alkyl halides is 2. The van der Waals surface area contributed by atoms with Crippen molar-refractivity contribution in [1.82, 2.24) is 9.88 Å². The Morgan fingerprint density at radius 3 is 2.66 bits per heavy atom. The summed E-state index contributed by atoms with van der Waals surface area (Å²) in [5, 5.41) is 12.0. The lowest BCUT2D eigenvalue weighted by molar-refractivity contribution is -0.130. The molecule has 0 aliphatic carbocycles. The molecule has 1 unspecified atom stereocenters. The Morgan fingerprint density at radius 2 is 1.91 bits per heavy atom. The zero-order chi connectivity index (χ0) is 25.2. The van der Waals surface area contributed by atoms with Gasteiger partial charge < -0.3 is 10.2 Å². The minimum absolute atomic E-state index is 0.129. The molecule has 1 atom stereocenters. The highest BCUT2D eigenvalue weighted by molar-refractivity contribution is 6.30. The highest BCUT2D eigenvalue weighted by Crippen LogP contribution is 2.33. The maximum absolute atomic E-state index is 14.6. The molecule has 0 saturated carbocycles. The van der Waals surface area contributed by atoms with Gasteiger partial charge in [0.25, 0.3) is 11.8 Å². The van der Waals surface area contributed by atoms with E-state index in [2.05, 4.69) is 10.3 Å². The Kier molecular flexibility index (Phi) is 6.76. The van der Waals surface area contributed by atoms with Gasteiger partial charge >= 0.3 is 0 Å². The Labute approximate surface area is 204 Å². The summed E-state index contributed by atoms with van der Waals surface area (Å²) in [4.78, 5) is 30.5. The number of carbonyl (C=O) groups is 2. The fraction of sp³-hybridized carbons (Fsp3) is 0.200. The van der Waals surface area contributed by atoms with Crippen LogP contribution in [0.25, 0.3) is 11.1 Å². The average molecular weight is 499 g/mol. The molecule has 1 aliphatic rings. The first kappa shape index (κ1) is 24.2. The van der Waals surface area contributed by atoms with Crippen molar-refractivity contribution < 1.29 is 22.8 Å². The van der Waals surface area contributed by atoms with Gasteiger partial charge in [-0.3, -0.25) is 9.59 Å². The Balaban J connectivity index is 1.58. The van der Waals surface area contributed by atoms with Gasteiger partial charge in [-0.15, -0.1) is 0 Å². The molecular weight excluding hydrogens is 481 g/mol. The average Bonchev–Trinajstić information content (AvgIpc) is 2.83. The first-order valence-electron chi connectivity index (χ1n) is 10.5. The molecular formula is C25H18ClF3N4O2. The predicted molar refractivity (Wildman–Crippen MR) is 123 cm³/mol. The second kappa shape index (κ2) is 9.76. The molecule has 1 aliphatic heterocycles. The van der Waals surface area contributed by atoms with Crippen LogP contribution in [0.1, 0.15) is 22.5 Å². The number of nitrogens with one attached hydrogen (secondary N) is 1. The summed E-state index contributed by atoms with van der Waals surface area (Å²) in [5.74, 6) is -7.10. The summed E-state index contributed by atoms with van der Waals surface area (Å²) in [6, 6.07) is 14.9. The van der Waals surface area contributed by atoms with Crippen LogP contribution in [0.2, 0.25) is 5.02 Å². The van der Waals surface area contributed by atoms with E-state index >= 15 is 0 Å². The van der Waals surface area contributed by atoms with Crippen molar-refractivity contribution in [2.75, 3.05) is 18.4 Å². The number of nitrogens with zero attached hydrogens (tertiary/aromatic N) is 3. The molecule has 1 aromatic heterocycles. The van der Waals surface area contributed by atoms with E-state index in [0.29, 0.717) is 21.8 Å². The number of rotatable bonds is 4. The van der Waals surface area contributed by atoms with Crippen molar-refractivity contribution in [3.8, 4) is 17.2 Å². The van der Waals surface area contributed by atoms with E-state index < -0.39 is 48.0 Å². The standard InChI is InChI=1S/C25H18ClF3N4O2/c26-18-2-1-3-19(10-18)32-23(34)17-11-25(28,29)14-33(13-17)24(35)21-9-15(4-5-22(21)27)16-6-7-31-20(8-16)12-30/h1-10,17H,11,13-14H2,(H,32,34). The molecule has 2 aromatic carbocycles. The number of hydrogen-bond donors (Lipinski definition) is 1. The smallest absolute Gasteiger partial charge is 0.266 e. The highest BCUT2D eigenvalue weighted by Gasteiger charge is 2.45. The van der Waals surface area contributed by atoms with E-state index in [1.807, 2.05) is 6.07 Å². The van der Waals surface area contributed by atoms with Gasteiger partial charge in [-0.05, 0) is 53.6 Å². The number of amides is 2. The number of benzene rings is 2. The molecule has 3 aromatic rings. The van der Waals surface area contributed by atoms with Gasteiger partial charge in [-0.2, -0.15) is 5.26 Å². The summed E-state index contributed by atoms with van der Waals surface area (Å²) < 4.78 is 43.7. The van der Waals surface area contributed by atoms with Crippen molar-refractivity contribution in [3.63, 3.8) is 0 Å². The molecule has 0 bridgehead atoms. The fourth-order valence-electron chi connectivity index (χ4n) is 3.95. The van der Waals surface area contributed by atoms with Gasteiger partial charge in [-0.1, -0.05) is 23.7 Å². The molecule has 0 spiro atoms. The van der Waals surface area contributed by atoms with Gasteiger partial charge in [0.2, 0.25) is 5.91 Å². The molecule has 4 rings (SSSR count). The molecule has 2 heterocycles. The third-order valence-corrected chi connectivity index (χ3v) is 5.80. The number of pyridine rings is 1. The first-order valence-corrected chi connectivity index (χ1v) is 10.9. The molecule has 0 radical (unpaired) electrons. The zero-order valence-electron chi connectivity index (χ0n) is 18.1. The van der Waals surface area contributed by atoms with Crippen LogP contribution in [0.3, 0.4) is 0 Å². The highest BCUT2D eigenvalue weighted by atomic mass is 35.5. The Bertz CT molecular complexity index is 1340. The van der Waals surface area contributed by atoms with E-state index in [-0.39, 0.29) is 12.2 Å². The summed E-state index contributed by atoms with van der Waals surface area (Å²) in [6.07, 6.45) is 0.646. The van der Waals surface area contributed by atoms with Gasteiger partial charge in [0.15, 0.2) is 0 Å². The van der Waals surface area contributed by atoms with E-state index in [0.717, 1.165) is 11.0 Å². The second-order valence-corrected chi connectivity index (χ2v) is 8.61. The molecule has 1 fully saturated rings. The van der Waals surface area contributed by atoms with E-state index in [4.69, 9.17) is 16.9 Å². The Morgan fingerprint density at radius 1 is 1.14 bits per heavy atom. The quantitative estimate of drug-likeness (QED) is 0.539. The second-order valence-electron chi connectivity index (χ2n) is 8.18. The maximum atomic E-state index is 14.6. The Hall–Kier alpha value is -3.90. The maximum Gasteiger partial charge on any atom is 0.266 e. The van der Waals surface area contributed by atoms with Crippen molar-refractivity contribution in [3.05, 3.63) is 82.9 Å². The van der Waals surface area contributed by atoms with Crippen LogP contribution in [0.5, 0.6) is 0 Å². The van der Waals surface area contributed by atoms with E-state index in [9.17, 15) is 22.8 Å². The van der Waals surface area contributed by atoms with Gasteiger partial charge in [0.05, 0.1) is 18.0 Å². The normalized spacial score (nSPS) is 16.9. The number of hydrogen-bond acceptors (Lipinski definition) is 4. The van der Waals surface area contributed by atoms with Crippen molar-refractivity contribution >= 4 is 29.1 Å². The van der Waals surface area contributed by atoms with Crippen LogP contribution >= 0.6 is 11.6 Å². The lowest BCUT2D eigenvalue weighted by atomic mass is 9.93. The summed E-state index contributed by atoms with van der Waals surface area (Å²) in [5.41, 5.74) is 0.969. The van der Waals surface area contributed by atoms with Gasteiger partial charge in [0.1, 0.15) is 17.6 Å². The summed E-state index contributed by atoms with van der Waals surface area (Å²) in [7, 11) is 0. The van der Waals surface area contributed by atoms with Crippen molar-refractivity contribution in [2.24, 2.45) is 5.92 Å². The van der Waals surface area contributed by atoms with Crippen molar-refractivity contribution in [2.45, 2.75) is 12.3 Å². The van der Waals surface area contributed by atoms with Crippen LogP contribution in [-0.2, 0) is 4.79 Å². The number of carbonyl (C=O) groups excluding carboxylic acids is 2. The lowest BCUT2D eigenvalue weighted by Gasteiger charge is -2.37. The van der Waals surface area contributed by atoms with Crippen LogP contribution in [0.15, 0.2) is 60.8 Å². The summed E-state index contributed by atoms with van der Waals surface area (Å²) in [6.45, 7) is -1.25. The molecule has 1 saturated heterocycles. The third-order valence-electron chi connectivity index (χ3n) is 5.56. The molecule has 1 N–H and O–H groups in total. The fourth-order valence-corrected chi connectivity index (χ4v) is 4.14. The number of anilines is 1. The SMILES string of the molecule is N#Cc1cc(-c2ccc(F)c(C(=O)N3CC(C(=O)Nc4cccc(Cl)c4)CC(F)(F)C3)c2)ccn1. The van der Waals surface area contributed by atoms with Crippen LogP contribution < -0.4 is 5.32 Å². The number of aromatic nitrogens is 1. The topological polar surface area (TPSA) is 86.1 Å². The minimum atomic E-state index is -3.34. The first-order chi connectivity index (χ1) is 16.6. The number of halogens is 4. The summed E-state index contributed by atoms with van der Waals surface area (Å²) >= 11 is 5.90. The molecule has 178 valence electrons. The van der Waals surface area contributed by atoms with E-state index in [1.54, 1.807) is 24.3 Å². The molecule has 6 nitrogen and oxygen atoms in total. The van der Waals surface area contributed by atoms with Gasteiger partial charge in [-0.25, -0.2) is 18.2 Å². The number of likely N-dealkylation sites (tertiary alicyclic amines) is 1. The molecule has 10 heteroatoms. The van der Waals surface area contributed by atoms with Crippen LogP contribution in [0.4, 0.5) is 18.9 Å². The largest absolute Gasteiger partial charge is 0.332 e. The molecule has 35 heavy (non-hydrogen) atoms. The third kappa shape index (κ3) is 5.61.